The molecule has 5 aliphatic carbocycles. The second-order valence-corrected chi connectivity index (χ2v) is 23.9. The van der Waals surface area contributed by atoms with Crippen LogP contribution >= 0.6 is 0 Å². The molecular formula is C80H64O8. The second-order valence-electron chi connectivity index (χ2n) is 23.9. The van der Waals surface area contributed by atoms with Crippen LogP contribution in [0.2, 0.25) is 0 Å². The number of carbonyl (C=O) groups excluding carboxylic acids is 4. The molecule has 0 amide bonds. The number of carbonyl (C=O) groups is 4. The van der Waals surface area contributed by atoms with Gasteiger partial charge in [-0.3, -0.25) is 19.2 Å². The van der Waals surface area contributed by atoms with Gasteiger partial charge in [0.2, 0.25) is 0 Å². The van der Waals surface area contributed by atoms with Crippen molar-refractivity contribution in [2.75, 3.05) is 26.4 Å². The quantitative estimate of drug-likeness (QED) is 0.0677. The van der Waals surface area contributed by atoms with Crippen molar-refractivity contribution in [1.82, 2.24) is 0 Å². The predicted molar refractivity (Wildman–Crippen MR) is 342 cm³/mol. The topological polar surface area (TPSA) is 105 Å². The molecule has 0 fully saturated rings. The first-order valence-corrected chi connectivity index (χ1v) is 30.3. The van der Waals surface area contributed by atoms with E-state index in [1.165, 1.54) is 38.8 Å². The van der Waals surface area contributed by atoms with Crippen LogP contribution < -0.4 is 0 Å². The summed E-state index contributed by atoms with van der Waals surface area (Å²) < 4.78 is 23.4. The van der Waals surface area contributed by atoms with Gasteiger partial charge in [0, 0.05) is 77.6 Å². The van der Waals surface area contributed by atoms with Crippen molar-refractivity contribution >= 4 is 23.9 Å². The summed E-state index contributed by atoms with van der Waals surface area (Å²) in [6.45, 7) is 14.8. The summed E-state index contributed by atoms with van der Waals surface area (Å²) in [6.07, 6.45) is 3.25. The fraction of sp³-hybridized carbons (Fsp3) is 0.250. The van der Waals surface area contributed by atoms with Crippen LogP contribution in [0, 0.1) is 47.4 Å². The largest absolute Gasteiger partial charge is 0.465 e. The van der Waals surface area contributed by atoms with Gasteiger partial charge in [0.25, 0.3) is 0 Å². The molecule has 2 atom stereocenters. The van der Waals surface area contributed by atoms with Gasteiger partial charge in [-0.2, -0.15) is 0 Å². The Morgan fingerprint density at radius 2 is 0.420 bits per heavy atom. The van der Waals surface area contributed by atoms with E-state index in [1.807, 2.05) is 36.4 Å². The van der Waals surface area contributed by atoms with Crippen LogP contribution in [-0.2, 0) is 59.8 Å². The normalized spacial score (nSPS) is 17.0. The van der Waals surface area contributed by atoms with Crippen LogP contribution in [0.15, 0.2) is 146 Å². The summed E-state index contributed by atoms with van der Waals surface area (Å²) in [4.78, 5) is 50.1. The lowest BCUT2D eigenvalue weighted by Gasteiger charge is -2.30. The minimum Gasteiger partial charge on any atom is -0.465 e. The van der Waals surface area contributed by atoms with Gasteiger partial charge < -0.3 is 18.9 Å². The summed E-state index contributed by atoms with van der Waals surface area (Å²) in [5, 5.41) is 0. The zero-order valence-corrected chi connectivity index (χ0v) is 50.8. The van der Waals surface area contributed by atoms with Gasteiger partial charge in [-0.25, -0.2) is 0 Å². The van der Waals surface area contributed by atoms with Crippen LogP contribution in [-0.4, -0.2) is 50.3 Å². The number of hydrogen-bond acceptors (Lipinski definition) is 8. The molecular weight excluding hydrogens is 1090 g/mol. The second kappa shape index (κ2) is 22.0. The molecule has 0 spiro atoms. The third kappa shape index (κ3) is 9.30. The number of hydrogen-bond donors (Lipinski definition) is 0. The molecule has 0 N–H and O–H groups in total. The molecule has 8 aromatic rings. The Balaban J connectivity index is 1.00. The van der Waals surface area contributed by atoms with Crippen LogP contribution in [0.25, 0.3) is 44.5 Å². The van der Waals surface area contributed by atoms with E-state index in [0.29, 0.717) is 12.8 Å². The van der Waals surface area contributed by atoms with Crippen molar-refractivity contribution in [3.63, 3.8) is 0 Å². The standard InChI is InChI=1S/C80H64O8/c1-9-77(10-2)69-29-21-53-13-15-55-23-31-71-63(39-55)64-40-56(24-32-72(64)78(71,11-3)45-85-49(5)81)16-17-57-25-33-73-65(41-57)66-42-58(26-34-74(66)79(73,12-4)46-86-50(6)82)18-20-60-28-36-76-68(44-60)67-43-59(19-14-54-22-30-70(77)62(38-54)61(69)37-53)27-35-75(67)80(76,47-87-51(7)83)48-88-52(8)84/h21-44H,9-12,45-48H2,1-8H3. The average molecular weight is 1150 g/mol. The maximum atomic E-state index is 12.6. The fourth-order valence-electron chi connectivity index (χ4n) is 14.8. The molecule has 8 nitrogen and oxygen atoms in total. The van der Waals surface area contributed by atoms with Crippen molar-refractivity contribution < 1.29 is 38.1 Å². The fourth-order valence-corrected chi connectivity index (χ4v) is 14.8. The molecule has 88 heavy (non-hydrogen) atoms. The molecule has 8 aromatic carbocycles. The van der Waals surface area contributed by atoms with Crippen LogP contribution in [0.1, 0.15) is 170 Å². The van der Waals surface area contributed by atoms with Crippen LogP contribution in [0.3, 0.4) is 0 Å². The Hall–Kier alpha value is -10.1. The van der Waals surface area contributed by atoms with Crippen molar-refractivity contribution in [1.29, 1.82) is 0 Å². The molecule has 0 aliphatic heterocycles. The highest BCUT2D eigenvalue weighted by Gasteiger charge is 2.48. The van der Waals surface area contributed by atoms with E-state index >= 15 is 0 Å². The van der Waals surface area contributed by atoms with E-state index in [1.54, 1.807) is 0 Å². The molecule has 2 unspecified atom stereocenters. The van der Waals surface area contributed by atoms with Crippen molar-refractivity contribution in [3.05, 3.63) is 235 Å². The summed E-state index contributed by atoms with van der Waals surface area (Å²) >= 11 is 0. The maximum absolute atomic E-state index is 12.6. The average Bonchev–Trinajstić information content (AvgIpc) is 1.74. The number of esters is 4. The lowest BCUT2D eigenvalue weighted by atomic mass is 9.74. The molecule has 0 heterocycles. The molecule has 8 heteroatoms. The lowest BCUT2D eigenvalue weighted by molar-refractivity contribution is -0.147. The number of ether oxygens (including phenoxy) is 4. The monoisotopic (exact) mass is 1150 g/mol. The minimum absolute atomic E-state index is 0.0466. The molecule has 0 saturated heterocycles. The molecule has 16 bridgehead atoms. The summed E-state index contributed by atoms with van der Waals surface area (Å²) in [5.41, 5.74) is 20.9. The van der Waals surface area contributed by atoms with E-state index in [2.05, 4.69) is 184 Å². The summed E-state index contributed by atoms with van der Waals surface area (Å²) in [6, 6.07) is 50.7. The van der Waals surface area contributed by atoms with E-state index < -0.39 is 28.2 Å². The first kappa shape index (κ1) is 57.0. The molecule has 432 valence electrons. The van der Waals surface area contributed by atoms with Gasteiger partial charge in [-0.1, -0.05) is 124 Å². The van der Waals surface area contributed by atoms with Crippen LogP contribution in [0.4, 0.5) is 0 Å². The van der Waals surface area contributed by atoms with Crippen molar-refractivity contribution in [2.24, 2.45) is 0 Å². The Kier molecular flexibility index (Phi) is 14.2. The molecule has 13 rings (SSSR count). The van der Waals surface area contributed by atoms with Gasteiger partial charge in [0.1, 0.15) is 26.4 Å². The first-order chi connectivity index (χ1) is 42.5. The zero-order chi connectivity index (χ0) is 61.3. The van der Waals surface area contributed by atoms with E-state index in [9.17, 15) is 19.2 Å². The number of benzene rings is 8. The van der Waals surface area contributed by atoms with Crippen molar-refractivity contribution in [2.45, 2.75) is 103 Å². The summed E-state index contributed by atoms with van der Waals surface area (Å²) in [7, 11) is 0. The highest BCUT2D eigenvalue weighted by molar-refractivity contribution is 5.88. The number of fused-ring (bicyclic) bond motifs is 8. The smallest absolute Gasteiger partial charge is 0.302 e. The number of rotatable bonds is 12. The Labute approximate surface area is 515 Å². The Bertz CT molecular complexity index is 4620. The van der Waals surface area contributed by atoms with Gasteiger partial charge in [-0.15, -0.1) is 0 Å². The first-order valence-electron chi connectivity index (χ1n) is 30.3. The van der Waals surface area contributed by atoms with Gasteiger partial charge in [0.05, 0.1) is 16.2 Å². The van der Waals surface area contributed by atoms with Crippen LogP contribution in [0.5, 0.6) is 0 Å². The Morgan fingerprint density at radius 3 is 0.591 bits per heavy atom. The van der Waals surface area contributed by atoms with Crippen molar-refractivity contribution in [3.8, 4) is 91.9 Å². The highest BCUT2D eigenvalue weighted by atomic mass is 16.6. The van der Waals surface area contributed by atoms with E-state index in [0.717, 1.165) is 135 Å². The van der Waals surface area contributed by atoms with Gasteiger partial charge in [-0.05, 0) is 212 Å². The SMILES string of the molecule is CCC1(CC)c2ccc3cc2-c2cc(ccc21)C#Cc1ccc2c(c1)-c1cc(ccc1C2(COC(C)=O)COC(C)=O)C#Cc1ccc2c(c1)-c1cc(ccc1C2(CC)COC(C)=O)C#Cc1ccc2c(c1)-c1cc(ccc1C2(CC)COC(C)=O)C#C3. The van der Waals surface area contributed by atoms with Gasteiger partial charge >= 0.3 is 23.9 Å². The van der Waals surface area contributed by atoms with E-state index in [-0.39, 0.29) is 43.8 Å². The molecule has 0 radical (unpaired) electrons. The third-order valence-electron chi connectivity index (χ3n) is 19.3. The molecule has 0 saturated carbocycles. The van der Waals surface area contributed by atoms with Gasteiger partial charge in [0.15, 0.2) is 0 Å². The summed E-state index contributed by atoms with van der Waals surface area (Å²) in [5.74, 6) is 26.6. The highest BCUT2D eigenvalue weighted by Crippen LogP contribution is 2.56. The molecule has 0 aromatic heterocycles. The molecule has 5 aliphatic rings. The Morgan fingerprint density at radius 1 is 0.261 bits per heavy atom. The lowest BCUT2D eigenvalue weighted by Crippen LogP contribution is -2.38. The minimum atomic E-state index is -1.00. The zero-order valence-electron chi connectivity index (χ0n) is 50.8. The predicted octanol–water partition coefficient (Wildman–Crippen LogP) is 14.6. The third-order valence-corrected chi connectivity index (χ3v) is 19.3. The van der Waals surface area contributed by atoms with E-state index in [4.69, 9.17) is 18.9 Å². The maximum Gasteiger partial charge on any atom is 0.302 e.